The molecule has 3 N–H and O–H groups in total. The van der Waals surface area contributed by atoms with E-state index in [4.69, 9.17) is 16.7 Å². The average molecular weight is 291 g/mol. The van der Waals surface area contributed by atoms with Gasteiger partial charge in [0.2, 0.25) is 10.0 Å². The minimum absolute atomic E-state index is 0.00944. The van der Waals surface area contributed by atoms with E-state index in [2.05, 4.69) is 5.32 Å². The molecule has 7 heteroatoms. The Morgan fingerprint density at radius 1 is 1.33 bits per heavy atom. The van der Waals surface area contributed by atoms with E-state index in [-0.39, 0.29) is 21.4 Å². The molecule has 18 heavy (non-hydrogen) atoms. The van der Waals surface area contributed by atoms with Gasteiger partial charge in [-0.15, -0.1) is 0 Å². The number of sulfonamides is 1. The van der Waals surface area contributed by atoms with Crippen LogP contribution in [0, 0.1) is 0 Å². The molecule has 5 nitrogen and oxygen atoms in total. The van der Waals surface area contributed by atoms with Gasteiger partial charge in [-0.3, -0.25) is 4.79 Å². The van der Waals surface area contributed by atoms with Crippen LogP contribution in [0.1, 0.15) is 31.1 Å². The van der Waals surface area contributed by atoms with Gasteiger partial charge in [0.15, 0.2) is 0 Å². The van der Waals surface area contributed by atoms with Crippen molar-refractivity contribution in [2.75, 3.05) is 0 Å². The predicted molar refractivity (Wildman–Crippen MR) is 70.0 cm³/mol. The van der Waals surface area contributed by atoms with E-state index in [1.165, 1.54) is 18.2 Å². The second-order valence-electron chi connectivity index (χ2n) is 4.89. The zero-order valence-electron chi connectivity index (χ0n) is 10.3. The van der Waals surface area contributed by atoms with E-state index in [1.807, 2.05) is 20.8 Å². The van der Waals surface area contributed by atoms with Gasteiger partial charge < -0.3 is 5.32 Å². The van der Waals surface area contributed by atoms with Gasteiger partial charge >= 0.3 is 0 Å². The van der Waals surface area contributed by atoms with Crippen LogP contribution in [0.2, 0.25) is 5.02 Å². The molecule has 0 radical (unpaired) electrons. The lowest BCUT2D eigenvalue weighted by Crippen LogP contribution is -2.40. The van der Waals surface area contributed by atoms with Crippen molar-refractivity contribution in [2.24, 2.45) is 5.14 Å². The Labute approximate surface area is 111 Å². The van der Waals surface area contributed by atoms with Crippen molar-refractivity contribution in [1.82, 2.24) is 5.32 Å². The third-order valence-electron chi connectivity index (χ3n) is 1.99. The normalized spacial score (nSPS) is 12.3. The van der Waals surface area contributed by atoms with Crippen LogP contribution in [-0.4, -0.2) is 19.9 Å². The molecule has 0 aromatic heterocycles. The van der Waals surface area contributed by atoms with Crippen LogP contribution in [0.5, 0.6) is 0 Å². The zero-order valence-corrected chi connectivity index (χ0v) is 11.9. The van der Waals surface area contributed by atoms with Crippen molar-refractivity contribution >= 4 is 27.5 Å². The number of halogens is 1. The summed E-state index contributed by atoms with van der Waals surface area (Å²) in [5.41, 5.74) is -0.225. The van der Waals surface area contributed by atoms with Crippen molar-refractivity contribution in [2.45, 2.75) is 31.2 Å². The monoisotopic (exact) mass is 290 g/mol. The minimum Gasteiger partial charge on any atom is -0.347 e. The Bertz CT molecular complexity index is 576. The number of hydrogen-bond acceptors (Lipinski definition) is 3. The highest BCUT2D eigenvalue weighted by atomic mass is 35.5. The summed E-state index contributed by atoms with van der Waals surface area (Å²) in [4.78, 5) is 11.6. The summed E-state index contributed by atoms with van der Waals surface area (Å²) < 4.78 is 22.6. The third kappa shape index (κ3) is 3.97. The van der Waals surface area contributed by atoms with Gasteiger partial charge in [-0.1, -0.05) is 11.6 Å². The Kier molecular flexibility index (Phi) is 4.05. The number of nitrogens with two attached hydrogens (primary N) is 1. The standard InChI is InChI=1S/C11H15ClN2O3S/c1-11(2,3)14-10(15)7-4-5-8(12)9(6-7)18(13,16)17/h4-6H,1-3H3,(H,14,15)(H2,13,16,17). The van der Waals surface area contributed by atoms with E-state index in [0.29, 0.717) is 0 Å². The van der Waals surface area contributed by atoms with Crippen LogP contribution in [0.4, 0.5) is 0 Å². The van der Waals surface area contributed by atoms with Crippen molar-refractivity contribution in [1.29, 1.82) is 0 Å². The highest BCUT2D eigenvalue weighted by Crippen LogP contribution is 2.21. The number of carbonyl (C=O) groups excluding carboxylic acids is 1. The molecular weight excluding hydrogens is 276 g/mol. The highest BCUT2D eigenvalue weighted by Gasteiger charge is 2.19. The molecule has 1 aromatic rings. The van der Waals surface area contributed by atoms with Crippen LogP contribution in [0.3, 0.4) is 0 Å². The minimum atomic E-state index is -3.95. The van der Waals surface area contributed by atoms with Crippen molar-refractivity contribution < 1.29 is 13.2 Å². The second kappa shape index (κ2) is 4.87. The van der Waals surface area contributed by atoms with Crippen LogP contribution >= 0.6 is 11.6 Å². The topological polar surface area (TPSA) is 89.3 Å². The first-order valence-corrected chi connectivity index (χ1v) is 7.08. The van der Waals surface area contributed by atoms with E-state index in [0.717, 1.165) is 0 Å². The Balaban J connectivity index is 3.18. The second-order valence-corrected chi connectivity index (χ2v) is 6.83. The summed E-state index contributed by atoms with van der Waals surface area (Å²) >= 11 is 5.73. The van der Waals surface area contributed by atoms with Gasteiger partial charge in [-0.25, -0.2) is 13.6 Å². The molecule has 0 saturated carbocycles. The molecule has 0 aliphatic carbocycles. The Morgan fingerprint density at radius 3 is 2.33 bits per heavy atom. The van der Waals surface area contributed by atoms with Gasteiger partial charge in [0, 0.05) is 11.1 Å². The first-order chi connectivity index (χ1) is 8.00. The van der Waals surface area contributed by atoms with Gasteiger partial charge in [-0.05, 0) is 39.0 Å². The smallest absolute Gasteiger partial charge is 0.251 e. The first kappa shape index (κ1) is 14.9. The fraction of sp³-hybridized carbons (Fsp3) is 0.364. The van der Waals surface area contributed by atoms with Gasteiger partial charge in [0.05, 0.1) is 5.02 Å². The highest BCUT2D eigenvalue weighted by molar-refractivity contribution is 7.89. The van der Waals surface area contributed by atoms with Gasteiger partial charge in [-0.2, -0.15) is 0 Å². The van der Waals surface area contributed by atoms with Crippen LogP contribution in [0.15, 0.2) is 23.1 Å². The molecule has 1 rings (SSSR count). The van der Waals surface area contributed by atoms with Crippen molar-refractivity contribution in [3.63, 3.8) is 0 Å². The summed E-state index contributed by atoms with van der Waals surface area (Å²) in [6.07, 6.45) is 0. The number of benzene rings is 1. The largest absolute Gasteiger partial charge is 0.347 e. The van der Waals surface area contributed by atoms with E-state index in [1.54, 1.807) is 0 Å². The molecule has 1 aromatic carbocycles. The zero-order chi connectivity index (χ0) is 14.1. The van der Waals surface area contributed by atoms with E-state index < -0.39 is 15.6 Å². The molecule has 0 atom stereocenters. The van der Waals surface area contributed by atoms with Crippen LogP contribution in [0.25, 0.3) is 0 Å². The molecule has 0 heterocycles. The summed E-state index contributed by atoms with van der Waals surface area (Å²) in [6.45, 7) is 5.46. The molecule has 0 spiro atoms. The number of nitrogens with one attached hydrogen (secondary N) is 1. The molecule has 0 saturated heterocycles. The lowest BCUT2D eigenvalue weighted by atomic mass is 10.1. The van der Waals surface area contributed by atoms with Crippen molar-refractivity contribution in [3.8, 4) is 0 Å². The molecule has 0 unspecified atom stereocenters. The Hall–Kier alpha value is -1.11. The lowest BCUT2D eigenvalue weighted by Gasteiger charge is -2.20. The maximum atomic E-state index is 11.9. The number of primary sulfonamides is 1. The van der Waals surface area contributed by atoms with Crippen LogP contribution in [-0.2, 0) is 10.0 Å². The molecule has 0 aliphatic rings. The maximum Gasteiger partial charge on any atom is 0.251 e. The maximum absolute atomic E-state index is 11.9. The fourth-order valence-corrected chi connectivity index (χ4v) is 2.35. The summed E-state index contributed by atoms with van der Waals surface area (Å²) in [7, 11) is -3.95. The van der Waals surface area contributed by atoms with E-state index >= 15 is 0 Å². The summed E-state index contributed by atoms with van der Waals surface area (Å²) in [5, 5.41) is 7.72. The summed E-state index contributed by atoms with van der Waals surface area (Å²) in [5.74, 6) is -0.385. The van der Waals surface area contributed by atoms with Crippen LogP contribution < -0.4 is 10.5 Å². The Morgan fingerprint density at radius 2 is 1.89 bits per heavy atom. The quantitative estimate of drug-likeness (QED) is 0.865. The number of carbonyl (C=O) groups is 1. The lowest BCUT2D eigenvalue weighted by molar-refractivity contribution is 0.0919. The third-order valence-corrected chi connectivity index (χ3v) is 3.38. The number of amides is 1. The SMILES string of the molecule is CC(C)(C)NC(=O)c1ccc(Cl)c(S(N)(=O)=O)c1. The van der Waals surface area contributed by atoms with Crippen molar-refractivity contribution in [3.05, 3.63) is 28.8 Å². The first-order valence-electron chi connectivity index (χ1n) is 5.15. The summed E-state index contributed by atoms with van der Waals surface area (Å²) in [6, 6.07) is 3.94. The molecular formula is C11H15ClN2O3S. The molecule has 1 amide bonds. The predicted octanol–water partition coefficient (Wildman–Crippen LogP) is 1.52. The number of rotatable bonds is 2. The average Bonchev–Trinajstić information content (AvgIpc) is 2.13. The molecule has 100 valence electrons. The molecule has 0 bridgehead atoms. The van der Waals surface area contributed by atoms with Gasteiger partial charge in [0.25, 0.3) is 5.91 Å². The van der Waals surface area contributed by atoms with Gasteiger partial charge in [0.1, 0.15) is 4.90 Å². The van der Waals surface area contributed by atoms with E-state index in [9.17, 15) is 13.2 Å². The fourth-order valence-electron chi connectivity index (χ4n) is 1.28. The molecule has 0 fully saturated rings. The molecule has 0 aliphatic heterocycles. The number of hydrogen-bond donors (Lipinski definition) is 2.